The van der Waals surface area contributed by atoms with Gasteiger partial charge < -0.3 is 10.1 Å². The Kier molecular flexibility index (Phi) is 3.72. The molecule has 2 unspecified atom stereocenters. The molecule has 1 saturated heterocycles. The van der Waals surface area contributed by atoms with Gasteiger partial charge in [-0.05, 0) is 26.8 Å². The van der Waals surface area contributed by atoms with Gasteiger partial charge in [-0.25, -0.2) is 4.98 Å². The summed E-state index contributed by atoms with van der Waals surface area (Å²) in [4.78, 5) is 4.56. The van der Waals surface area contributed by atoms with Crippen molar-refractivity contribution in [1.82, 2.24) is 10.3 Å². The number of aromatic nitrogens is 1. The standard InChI is InChI=1S/C11H18N2OS/c1-8-7-15-11(13-8)10(12-2)9-4-3-5-14-6-9/h7,9-10,12H,3-6H2,1-2H3. The Bertz CT molecular complexity index is 307. The van der Waals surface area contributed by atoms with E-state index in [4.69, 9.17) is 4.74 Å². The van der Waals surface area contributed by atoms with Gasteiger partial charge in [-0.3, -0.25) is 0 Å². The normalized spacial score (nSPS) is 24.0. The zero-order valence-electron chi connectivity index (χ0n) is 9.32. The summed E-state index contributed by atoms with van der Waals surface area (Å²) < 4.78 is 5.53. The fourth-order valence-electron chi connectivity index (χ4n) is 2.10. The highest BCUT2D eigenvalue weighted by Crippen LogP contribution is 2.30. The van der Waals surface area contributed by atoms with Crippen LogP contribution in [0.15, 0.2) is 5.38 Å². The molecular weight excluding hydrogens is 208 g/mol. The van der Waals surface area contributed by atoms with Gasteiger partial charge in [0.15, 0.2) is 0 Å². The molecule has 1 aliphatic rings. The number of hydrogen-bond acceptors (Lipinski definition) is 4. The van der Waals surface area contributed by atoms with Crippen molar-refractivity contribution in [2.45, 2.75) is 25.8 Å². The smallest absolute Gasteiger partial charge is 0.110 e. The average molecular weight is 226 g/mol. The van der Waals surface area contributed by atoms with E-state index in [2.05, 4.69) is 15.7 Å². The number of nitrogens with one attached hydrogen (secondary N) is 1. The molecule has 0 spiro atoms. The maximum absolute atomic E-state index is 5.53. The molecule has 0 saturated carbocycles. The maximum atomic E-state index is 5.53. The Hall–Kier alpha value is -0.450. The fourth-order valence-corrected chi connectivity index (χ4v) is 3.10. The average Bonchev–Trinajstić information content (AvgIpc) is 2.68. The molecule has 15 heavy (non-hydrogen) atoms. The van der Waals surface area contributed by atoms with Gasteiger partial charge in [0.05, 0.1) is 12.6 Å². The summed E-state index contributed by atoms with van der Waals surface area (Å²) in [6.45, 7) is 3.83. The maximum Gasteiger partial charge on any atom is 0.110 e. The molecule has 2 rings (SSSR count). The molecule has 1 N–H and O–H groups in total. The van der Waals surface area contributed by atoms with Crippen molar-refractivity contribution < 1.29 is 4.74 Å². The number of thiazole rings is 1. The minimum atomic E-state index is 0.365. The van der Waals surface area contributed by atoms with Crippen molar-refractivity contribution >= 4 is 11.3 Å². The molecule has 1 fully saturated rings. The first-order valence-electron chi connectivity index (χ1n) is 5.48. The highest BCUT2D eigenvalue weighted by atomic mass is 32.1. The minimum absolute atomic E-state index is 0.365. The molecule has 1 aliphatic heterocycles. The summed E-state index contributed by atoms with van der Waals surface area (Å²) in [7, 11) is 2.01. The van der Waals surface area contributed by atoms with E-state index >= 15 is 0 Å². The Morgan fingerprint density at radius 3 is 3.07 bits per heavy atom. The van der Waals surface area contributed by atoms with Gasteiger partial charge in [0.25, 0.3) is 0 Å². The lowest BCUT2D eigenvalue weighted by molar-refractivity contribution is 0.0401. The molecular formula is C11H18N2OS. The van der Waals surface area contributed by atoms with E-state index in [9.17, 15) is 0 Å². The second-order valence-corrected chi connectivity index (χ2v) is 4.96. The van der Waals surface area contributed by atoms with Crippen LogP contribution in [0.2, 0.25) is 0 Å². The summed E-state index contributed by atoms with van der Waals surface area (Å²) in [5.74, 6) is 0.578. The van der Waals surface area contributed by atoms with E-state index in [1.807, 2.05) is 14.0 Å². The van der Waals surface area contributed by atoms with Gasteiger partial charge in [-0.2, -0.15) is 0 Å². The van der Waals surface area contributed by atoms with Crippen LogP contribution in [-0.4, -0.2) is 25.2 Å². The van der Waals surface area contributed by atoms with E-state index in [0.29, 0.717) is 12.0 Å². The van der Waals surface area contributed by atoms with Crippen LogP contribution in [0.5, 0.6) is 0 Å². The molecule has 0 bridgehead atoms. The molecule has 0 amide bonds. The zero-order chi connectivity index (χ0) is 10.7. The van der Waals surface area contributed by atoms with Crippen LogP contribution in [0.3, 0.4) is 0 Å². The van der Waals surface area contributed by atoms with Crippen LogP contribution in [0, 0.1) is 12.8 Å². The van der Waals surface area contributed by atoms with Crippen LogP contribution in [0.1, 0.15) is 29.6 Å². The van der Waals surface area contributed by atoms with Gasteiger partial charge in [0.2, 0.25) is 0 Å². The van der Waals surface area contributed by atoms with Crippen LogP contribution in [-0.2, 0) is 4.74 Å². The summed E-state index contributed by atoms with van der Waals surface area (Å²) in [6, 6.07) is 0.365. The van der Waals surface area contributed by atoms with Gasteiger partial charge in [0, 0.05) is 23.6 Å². The Labute approximate surface area is 94.9 Å². The number of ether oxygens (including phenoxy) is 1. The molecule has 4 heteroatoms. The number of rotatable bonds is 3. The van der Waals surface area contributed by atoms with Crippen molar-refractivity contribution in [3.63, 3.8) is 0 Å². The first-order chi connectivity index (χ1) is 7.31. The van der Waals surface area contributed by atoms with E-state index in [1.165, 1.54) is 17.8 Å². The minimum Gasteiger partial charge on any atom is -0.381 e. The quantitative estimate of drug-likeness (QED) is 0.857. The SMILES string of the molecule is CNC(c1nc(C)cs1)C1CCCOC1. The van der Waals surface area contributed by atoms with Crippen molar-refractivity contribution in [2.75, 3.05) is 20.3 Å². The van der Waals surface area contributed by atoms with Crippen LogP contribution >= 0.6 is 11.3 Å². The number of aryl methyl sites for hydroxylation is 1. The largest absolute Gasteiger partial charge is 0.381 e. The second kappa shape index (κ2) is 5.05. The molecule has 84 valence electrons. The molecule has 0 aromatic carbocycles. The Morgan fingerprint density at radius 2 is 2.53 bits per heavy atom. The zero-order valence-corrected chi connectivity index (χ0v) is 10.1. The molecule has 2 atom stereocenters. The first-order valence-corrected chi connectivity index (χ1v) is 6.36. The van der Waals surface area contributed by atoms with E-state index < -0.39 is 0 Å². The molecule has 0 aliphatic carbocycles. The third kappa shape index (κ3) is 2.56. The third-order valence-corrected chi connectivity index (χ3v) is 3.93. The fraction of sp³-hybridized carbons (Fsp3) is 0.727. The first kappa shape index (κ1) is 11.0. The topological polar surface area (TPSA) is 34.2 Å². The van der Waals surface area contributed by atoms with Gasteiger partial charge in [0.1, 0.15) is 5.01 Å². The number of nitrogens with zero attached hydrogens (tertiary/aromatic N) is 1. The second-order valence-electron chi connectivity index (χ2n) is 4.07. The highest BCUT2D eigenvalue weighted by molar-refractivity contribution is 7.09. The molecule has 0 radical (unpaired) electrons. The summed E-state index contributed by atoms with van der Waals surface area (Å²) in [6.07, 6.45) is 2.41. The van der Waals surface area contributed by atoms with Crippen LogP contribution in [0.4, 0.5) is 0 Å². The van der Waals surface area contributed by atoms with Gasteiger partial charge in [-0.1, -0.05) is 0 Å². The molecule has 1 aromatic rings. The third-order valence-electron chi connectivity index (χ3n) is 2.88. The lowest BCUT2D eigenvalue weighted by Crippen LogP contribution is -2.31. The van der Waals surface area contributed by atoms with Crippen molar-refractivity contribution in [3.8, 4) is 0 Å². The number of hydrogen-bond donors (Lipinski definition) is 1. The predicted molar refractivity (Wildman–Crippen MR) is 62.2 cm³/mol. The summed E-state index contributed by atoms with van der Waals surface area (Å²) >= 11 is 1.75. The summed E-state index contributed by atoms with van der Waals surface area (Å²) in [5.41, 5.74) is 1.12. The molecule has 1 aromatic heterocycles. The van der Waals surface area contributed by atoms with Crippen molar-refractivity contribution in [2.24, 2.45) is 5.92 Å². The van der Waals surface area contributed by atoms with E-state index in [0.717, 1.165) is 18.9 Å². The van der Waals surface area contributed by atoms with E-state index in [1.54, 1.807) is 11.3 Å². The molecule has 2 heterocycles. The Morgan fingerprint density at radius 1 is 1.67 bits per heavy atom. The highest BCUT2D eigenvalue weighted by Gasteiger charge is 2.26. The molecule has 3 nitrogen and oxygen atoms in total. The van der Waals surface area contributed by atoms with E-state index in [-0.39, 0.29) is 0 Å². The lowest BCUT2D eigenvalue weighted by atomic mass is 9.94. The van der Waals surface area contributed by atoms with Gasteiger partial charge in [-0.15, -0.1) is 11.3 Å². The summed E-state index contributed by atoms with van der Waals surface area (Å²) in [5, 5.41) is 6.68. The van der Waals surface area contributed by atoms with Crippen molar-refractivity contribution in [1.29, 1.82) is 0 Å². The van der Waals surface area contributed by atoms with Crippen LogP contribution < -0.4 is 5.32 Å². The van der Waals surface area contributed by atoms with Crippen molar-refractivity contribution in [3.05, 3.63) is 16.1 Å². The van der Waals surface area contributed by atoms with Crippen LogP contribution in [0.25, 0.3) is 0 Å². The lowest BCUT2D eigenvalue weighted by Gasteiger charge is -2.28. The monoisotopic (exact) mass is 226 g/mol. The van der Waals surface area contributed by atoms with Gasteiger partial charge >= 0.3 is 0 Å². The predicted octanol–water partition coefficient (Wildman–Crippen LogP) is 2.14. The Balaban J connectivity index is 2.08.